The van der Waals surface area contributed by atoms with Crippen LogP contribution < -0.4 is 10.6 Å². The Morgan fingerprint density at radius 3 is 2.51 bits per heavy atom. The molecule has 2 heterocycles. The number of aromatic amines is 1. The van der Waals surface area contributed by atoms with Crippen molar-refractivity contribution < 1.29 is 9.59 Å². The molecule has 1 atom stereocenters. The fourth-order valence-electron chi connectivity index (χ4n) is 3.92. The molecule has 2 aromatic heterocycles. The minimum Gasteiger partial charge on any atom is -0.353 e. The van der Waals surface area contributed by atoms with Crippen molar-refractivity contribution in [3.05, 3.63) is 78.6 Å². The molecule has 9 heteroatoms. The summed E-state index contributed by atoms with van der Waals surface area (Å²) in [4.78, 5) is 41.5. The van der Waals surface area contributed by atoms with E-state index in [1.165, 1.54) is 11.8 Å². The second-order valence-electron chi connectivity index (χ2n) is 8.52. The summed E-state index contributed by atoms with van der Waals surface area (Å²) in [5, 5.41) is 5.94. The highest BCUT2D eigenvalue weighted by atomic mass is 32.2. The van der Waals surface area contributed by atoms with E-state index < -0.39 is 6.04 Å². The molecule has 0 saturated heterocycles. The van der Waals surface area contributed by atoms with Crippen molar-refractivity contribution in [2.75, 3.05) is 31.9 Å². The number of fused-ring (bicyclic) bond motifs is 1. The normalized spacial score (nSPS) is 12.0. The molecule has 0 fully saturated rings. The third kappa shape index (κ3) is 7.18. The van der Waals surface area contributed by atoms with Gasteiger partial charge in [-0.05, 0) is 55.6 Å². The quantitative estimate of drug-likeness (QED) is 0.246. The van der Waals surface area contributed by atoms with Crippen LogP contribution in [-0.2, 0) is 4.79 Å². The molecule has 192 valence electrons. The SMILES string of the molecule is CCN(CC)CCNC(=O)C(CSc1ccccc1)NC(=O)c1ccc2nc(-c3ccncc3)[nH]c2c1. The van der Waals surface area contributed by atoms with Crippen molar-refractivity contribution in [2.24, 2.45) is 0 Å². The van der Waals surface area contributed by atoms with Gasteiger partial charge in [0.25, 0.3) is 5.91 Å². The Labute approximate surface area is 221 Å². The van der Waals surface area contributed by atoms with Crippen LogP contribution in [0.25, 0.3) is 22.4 Å². The van der Waals surface area contributed by atoms with Crippen molar-refractivity contribution >= 4 is 34.6 Å². The lowest BCUT2D eigenvalue weighted by Gasteiger charge is -2.21. The minimum atomic E-state index is -0.681. The topological polar surface area (TPSA) is 103 Å². The van der Waals surface area contributed by atoms with Gasteiger partial charge in [-0.1, -0.05) is 32.0 Å². The summed E-state index contributed by atoms with van der Waals surface area (Å²) in [6, 6.07) is 18.2. The van der Waals surface area contributed by atoms with Crippen LogP contribution in [-0.4, -0.2) is 69.6 Å². The molecular formula is C28H32N6O2S. The molecule has 37 heavy (non-hydrogen) atoms. The van der Waals surface area contributed by atoms with E-state index in [2.05, 4.69) is 44.3 Å². The number of likely N-dealkylation sites (N-methyl/N-ethyl adjacent to an activating group) is 1. The van der Waals surface area contributed by atoms with E-state index in [9.17, 15) is 9.59 Å². The number of pyridine rings is 1. The van der Waals surface area contributed by atoms with Gasteiger partial charge >= 0.3 is 0 Å². The molecule has 0 bridgehead atoms. The van der Waals surface area contributed by atoms with E-state index in [-0.39, 0.29) is 11.8 Å². The zero-order valence-electron chi connectivity index (χ0n) is 21.1. The molecule has 0 spiro atoms. The fourth-order valence-corrected chi connectivity index (χ4v) is 4.86. The number of hydrogen-bond acceptors (Lipinski definition) is 6. The Balaban J connectivity index is 1.46. The number of carbonyl (C=O) groups is 2. The maximum absolute atomic E-state index is 13.2. The molecule has 0 radical (unpaired) electrons. The summed E-state index contributed by atoms with van der Waals surface area (Å²) in [6.07, 6.45) is 3.42. The lowest BCUT2D eigenvalue weighted by Crippen LogP contribution is -2.49. The van der Waals surface area contributed by atoms with Crippen molar-refractivity contribution in [3.8, 4) is 11.4 Å². The van der Waals surface area contributed by atoms with E-state index in [0.29, 0.717) is 23.7 Å². The maximum Gasteiger partial charge on any atom is 0.252 e. The third-order valence-corrected chi connectivity index (χ3v) is 7.21. The number of imidazole rings is 1. The van der Waals surface area contributed by atoms with Gasteiger partial charge in [0.05, 0.1) is 11.0 Å². The number of carbonyl (C=O) groups excluding carboxylic acids is 2. The fraction of sp³-hybridized carbons (Fsp3) is 0.286. The number of nitrogens with one attached hydrogen (secondary N) is 3. The van der Waals surface area contributed by atoms with Crippen molar-refractivity contribution in [1.29, 1.82) is 0 Å². The Hall–Kier alpha value is -3.69. The zero-order valence-corrected chi connectivity index (χ0v) is 21.9. The Morgan fingerprint density at radius 1 is 1.03 bits per heavy atom. The first-order valence-corrected chi connectivity index (χ1v) is 13.4. The summed E-state index contributed by atoms with van der Waals surface area (Å²) in [7, 11) is 0. The number of benzene rings is 2. The number of hydrogen-bond donors (Lipinski definition) is 3. The van der Waals surface area contributed by atoms with Gasteiger partial charge in [0.2, 0.25) is 5.91 Å². The van der Waals surface area contributed by atoms with Gasteiger partial charge < -0.3 is 20.5 Å². The number of aromatic nitrogens is 3. The molecular weight excluding hydrogens is 484 g/mol. The molecule has 8 nitrogen and oxygen atoms in total. The van der Waals surface area contributed by atoms with E-state index in [1.54, 1.807) is 24.5 Å². The number of rotatable bonds is 12. The standard InChI is InChI=1S/C28H32N6O2S/c1-3-34(4-2)17-16-30-28(36)25(19-37-22-8-6-5-7-9-22)33-27(35)21-10-11-23-24(18-21)32-26(31-23)20-12-14-29-15-13-20/h5-15,18,25H,3-4,16-17,19H2,1-2H3,(H,30,36)(H,31,32)(H,33,35). The number of thioether (sulfide) groups is 1. The number of H-pyrrole nitrogens is 1. The van der Waals surface area contributed by atoms with Gasteiger partial charge in [-0.15, -0.1) is 11.8 Å². The summed E-state index contributed by atoms with van der Waals surface area (Å²) < 4.78 is 0. The third-order valence-electron chi connectivity index (χ3n) is 6.10. The molecule has 2 amide bonds. The van der Waals surface area contributed by atoms with Gasteiger partial charge in [0.1, 0.15) is 11.9 Å². The average molecular weight is 517 g/mol. The van der Waals surface area contributed by atoms with Crippen LogP contribution >= 0.6 is 11.8 Å². The molecule has 4 aromatic rings. The van der Waals surface area contributed by atoms with Crippen LogP contribution in [0, 0.1) is 0 Å². The van der Waals surface area contributed by atoms with Gasteiger partial charge in [0, 0.05) is 47.3 Å². The Kier molecular flexibility index (Phi) is 9.29. The van der Waals surface area contributed by atoms with E-state index in [1.807, 2.05) is 48.5 Å². The molecule has 0 saturated carbocycles. The zero-order chi connectivity index (χ0) is 26.0. The molecule has 3 N–H and O–H groups in total. The van der Waals surface area contributed by atoms with Crippen LogP contribution in [0.15, 0.2) is 78.0 Å². The maximum atomic E-state index is 13.2. The Bertz CT molecular complexity index is 1310. The molecule has 0 aliphatic carbocycles. The first kappa shape index (κ1) is 26.4. The average Bonchev–Trinajstić information content (AvgIpc) is 3.38. The lowest BCUT2D eigenvalue weighted by atomic mass is 10.1. The van der Waals surface area contributed by atoms with Crippen LogP contribution in [0.1, 0.15) is 24.2 Å². The number of amides is 2. The molecule has 4 rings (SSSR count). The minimum absolute atomic E-state index is 0.188. The van der Waals surface area contributed by atoms with E-state index in [0.717, 1.165) is 41.1 Å². The van der Waals surface area contributed by atoms with Crippen molar-refractivity contribution in [3.63, 3.8) is 0 Å². The van der Waals surface area contributed by atoms with E-state index in [4.69, 9.17) is 0 Å². The smallest absolute Gasteiger partial charge is 0.252 e. The second-order valence-corrected chi connectivity index (χ2v) is 9.61. The van der Waals surface area contributed by atoms with Crippen LogP contribution in [0.2, 0.25) is 0 Å². The summed E-state index contributed by atoms with van der Waals surface area (Å²) >= 11 is 1.54. The highest BCUT2D eigenvalue weighted by Gasteiger charge is 2.22. The van der Waals surface area contributed by atoms with Crippen molar-refractivity contribution in [1.82, 2.24) is 30.5 Å². The highest BCUT2D eigenvalue weighted by molar-refractivity contribution is 7.99. The van der Waals surface area contributed by atoms with Gasteiger partial charge in [-0.2, -0.15) is 0 Å². The largest absolute Gasteiger partial charge is 0.353 e. The van der Waals surface area contributed by atoms with Crippen LogP contribution in [0.3, 0.4) is 0 Å². The van der Waals surface area contributed by atoms with Gasteiger partial charge in [-0.25, -0.2) is 4.98 Å². The molecule has 1 unspecified atom stereocenters. The Morgan fingerprint density at radius 2 is 1.78 bits per heavy atom. The predicted molar refractivity (Wildman–Crippen MR) is 149 cm³/mol. The summed E-state index contributed by atoms with van der Waals surface area (Å²) in [6.45, 7) is 7.34. The van der Waals surface area contributed by atoms with Crippen molar-refractivity contribution in [2.45, 2.75) is 24.8 Å². The molecule has 2 aromatic carbocycles. The first-order chi connectivity index (χ1) is 18.1. The lowest BCUT2D eigenvalue weighted by molar-refractivity contribution is -0.122. The van der Waals surface area contributed by atoms with Crippen LogP contribution in [0.4, 0.5) is 0 Å². The predicted octanol–water partition coefficient (Wildman–Crippen LogP) is 3.97. The van der Waals surface area contributed by atoms with Crippen LogP contribution in [0.5, 0.6) is 0 Å². The monoisotopic (exact) mass is 516 g/mol. The second kappa shape index (κ2) is 13.0. The van der Waals surface area contributed by atoms with Gasteiger partial charge in [-0.3, -0.25) is 14.6 Å². The first-order valence-electron chi connectivity index (χ1n) is 12.5. The van der Waals surface area contributed by atoms with Gasteiger partial charge in [0.15, 0.2) is 0 Å². The molecule has 0 aliphatic heterocycles. The summed E-state index contributed by atoms with van der Waals surface area (Å²) in [5.41, 5.74) is 2.88. The van der Waals surface area contributed by atoms with E-state index >= 15 is 0 Å². The highest BCUT2D eigenvalue weighted by Crippen LogP contribution is 2.21. The summed E-state index contributed by atoms with van der Waals surface area (Å²) in [5.74, 6) is 0.636. The molecule has 0 aliphatic rings. The number of nitrogens with zero attached hydrogens (tertiary/aromatic N) is 3.